The monoisotopic (exact) mass is 197 g/mol. The van der Waals surface area contributed by atoms with Gasteiger partial charge < -0.3 is 10.5 Å². The summed E-state index contributed by atoms with van der Waals surface area (Å²) in [5.41, 5.74) is 8.64. The molecular formula is C10H19N3O. The van der Waals surface area contributed by atoms with Crippen molar-refractivity contribution in [1.82, 2.24) is 9.78 Å². The van der Waals surface area contributed by atoms with E-state index in [1.165, 1.54) is 0 Å². The van der Waals surface area contributed by atoms with Crippen LogP contribution in [-0.2, 0) is 11.3 Å². The SMILES string of the molecule is COCCCCn1nc(C)c(N)c1C. The number of rotatable bonds is 5. The topological polar surface area (TPSA) is 53.1 Å². The fraction of sp³-hybridized carbons (Fsp3) is 0.700. The minimum Gasteiger partial charge on any atom is -0.396 e. The Bertz CT molecular complexity index is 294. The fourth-order valence-electron chi connectivity index (χ4n) is 1.44. The summed E-state index contributed by atoms with van der Waals surface area (Å²) in [4.78, 5) is 0. The van der Waals surface area contributed by atoms with E-state index in [2.05, 4.69) is 5.10 Å². The zero-order valence-electron chi connectivity index (χ0n) is 9.21. The van der Waals surface area contributed by atoms with Crippen LogP contribution in [0.3, 0.4) is 0 Å². The van der Waals surface area contributed by atoms with E-state index in [0.29, 0.717) is 0 Å². The van der Waals surface area contributed by atoms with Crippen LogP contribution in [0.15, 0.2) is 0 Å². The number of anilines is 1. The van der Waals surface area contributed by atoms with Crippen molar-refractivity contribution in [3.63, 3.8) is 0 Å². The van der Waals surface area contributed by atoms with Crippen molar-refractivity contribution in [2.45, 2.75) is 33.2 Å². The summed E-state index contributed by atoms with van der Waals surface area (Å²) in [6.45, 7) is 5.68. The Morgan fingerprint density at radius 1 is 1.36 bits per heavy atom. The predicted octanol–water partition coefficient (Wildman–Crippen LogP) is 1.51. The molecule has 0 radical (unpaired) electrons. The average Bonchev–Trinajstić information content (AvgIpc) is 2.41. The van der Waals surface area contributed by atoms with Gasteiger partial charge in [-0.15, -0.1) is 0 Å². The van der Waals surface area contributed by atoms with Crippen LogP contribution in [0.2, 0.25) is 0 Å². The third kappa shape index (κ3) is 2.48. The number of nitrogens with two attached hydrogens (primary N) is 1. The van der Waals surface area contributed by atoms with Crippen molar-refractivity contribution < 1.29 is 4.74 Å². The molecule has 0 aromatic carbocycles. The molecule has 1 rings (SSSR count). The van der Waals surface area contributed by atoms with E-state index in [0.717, 1.165) is 43.1 Å². The highest BCUT2D eigenvalue weighted by Gasteiger charge is 2.06. The van der Waals surface area contributed by atoms with Gasteiger partial charge in [0, 0.05) is 20.3 Å². The van der Waals surface area contributed by atoms with E-state index in [1.54, 1.807) is 7.11 Å². The number of methoxy groups -OCH3 is 1. The first-order valence-electron chi connectivity index (χ1n) is 4.95. The number of hydrogen-bond acceptors (Lipinski definition) is 3. The van der Waals surface area contributed by atoms with Gasteiger partial charge in [-0.2, -0.15) is 5.10 Å². The van der Waals surface area contributed by atoms with E-state index >= 15 is 0 Å². The van der Waals surface area contributed by atoms with Crippen LogP contribution in [0.4, 0.5) is 5.69 Å². The van der Waals surface area contributed by atoms with Crippen molar-refractivity contribution in [2.75, 3.05) is 19.5 Å². The summed E-state index contributed by atoms with van der Waals surface area (Å²) in [5.74, 6) is 0. The van der Waals surface area contributed by atoms with Crippen LogP contribution in [0.25, 0.3) is 0 Å². The van der Waals surface area contributed by atoms with E-state index in [-0.39, 0.29) is 0 Å². The summed E-state index contributed by atoms with van der Waals surface area (Å²) in [6.07, 6.45) is 2.14. The molecule has 0 aliphatic rings. The zero-order chi connectivity index (χ0) is 10.6. The molecular weight excluding hydrogens is 178 g/mol. The summed E-state index contributed by atoms with van der Waals surface area (Å²) in [6, 6.07) is 0. The highest BCUT2D eigenvalue weighted by Crippen LogP contribution is 2.15. The van der Waals surface area contributed by atoms with Crippen LogP contribution < -0.4 is 5.73 Å². The van der Waals surface area contributed by atoms with Gasteiger partial charge >= 0.3 is 0 Å². The lowest BCUT2D eigenvalue weighted by molar-refractivity contribution is 0.191. The van der Waals surface area contributed by atoms with Crippen molar-refractivity contribution in [2.24, 2.45) is 0 Å². The molecule has 0 saturated heterocycles. The third-order valence-electron chi connectivity index (χ3n) is 2.41. The lowest BCUT2D eigenvalue weighted by atomic mass is 10.3. The molecule has 1 aromatic rings. The van der Waals surface area contributed by atoms with Crippen molar-refractivity contribution in [1.29, 1.82) is 0 Å². The first kappa shape index (κ1) is 11.0. The minimum atomic E-state index is 0.814. The van der Waals surface area contributed by atoms with Gasteiger partial charge in [0.1, 0.15) is 0 Å². The molecule has 0 aliphatic heterocycles. The van der Waals surface area contributed by atoms with Crippen molar-refractivity contribution in [3.8, 4) is 0 Å². The highest BCUT2D eigenvalue weighted by atomic mass is 16.5. The molecule has 4 heteroatoms. The largest absolute Gasteiger partial charge is 0.396 e. The van der Waals surface area contributed by atoms with Crippen LogP contribution in [0, 0.1) is 13.8 Å². The van der Waals surface area contributed by atoms with Crippen LogP contribution in [0.1, 0.15) is 24.2 Å². The number of nitrogens with zero attached hydrogens (tertiary/aromatic N) is 2. The first-order valence-corrected chi connectivity index (χ1v) is 4.95. The molecule has 0 unspecified atom stereocenters. The maximum Gasteiger partial charge on any atom is 0.0825 e. The zero-order valence-corrected chi connectivity index (χ0v) is 9.21. The Labute approximate surface area is 85.0 Å². The van der Waals surface area contributed by atoms with E-state index < -0.39 is 0 Å². The van der Waals surface area contributed by atoms with Gasteiger partial charge in [0.05, 0.1) is 17.1 Å². The Kier molecular flexibility index (Phi) is 3.95. The second-order valence-corrected chi connectivity index (χ2v) is 3.51. The van der Waals surface area contributed by atoms with Crippen molar-refractivity contribution >= 4 is 5.69 Å². The predicted molar refractivity (Wildman–Crippen MR) is 57.2 cm³/mol. The molecule has 14 heavy (non-hydrogen) atoms. The Morgan fingerprint density at radius 3 is 2.57 bits per heavy atom. The number of ether oxygens (including phenoxy) is 1. The number of nitrogen functional groups attached to an aromatic ring is 1. The maximum atomic E-state index is 5.83. The molecule has 0 bridgehead atoms. The molecule has 4 nitrogen and oxygen atoms in total. The number of hydrogen-bond donors (Lipinski definition) is 1. The van der Waals surface area contributed by atoms with E-state index in [1.807, 2.05) is 18.5 Å². The third-order valence-corrected chi connectivity index (χ3v) is 2.41. The molecule has 0 fully saturated rings. The summed E-state index contributed by atoms with van der Waals surface area (Å²) in [7, 11) is 1.72. The minimum absolute atomic E-state index is 0.814. The van der Waals surface area contributed by atoms with Crippen LogP contribution >= 0.6 is 0 Å². The quantitative estimate of drug-likeness (QED) is 0.728. The van der Waals surface area contributed by atoms with Gasteiger partial charge in [0.15, 0.2) is 0 Å². The molecule has 1 aromatic heterocycles. The van der Waals surface area contributed by atoms with Gasteiger partial charge in [-0.3, -0.25) is 4.68 Å². The normalized spacial score (nSPS) is 10.8. The summed E-state index contributed by atoms with van der Waals surface area (Å²) < 4.78 is 6.96. The number of aryl methyl sites for hydroxylation is 2. The van der Waals surface area contributed by atoms with Gasteiger partial charge in [-0.05, 0) is 26.7 Å². The fourth-order valence-corrected chi connectivity index (χ4v) is 1.44. The molecule has 0 atom stereocenters. The average molecular weight is 197 g/mol. The molecule has 80 valence electrons. The Morgan fingerprint density at radius 2 is 2.07 bits per heavy atom. The smallest absolute Gasteiger partial charge is 0.0825 e. The maximum absolute atomic E-state index is 5.83. The Hall–Kier alpha value is -1.03. The highest BCUT2D eigenvalue weighted by molar-refractivity contribution is 5.46. The van der Waals surface area contributed by atoms with Gasteiger partial charge in [0.25, 0.3) is 0 Å². The standard InChI is InChI=1S/C10H19N3O/c1-8-10(11)9(2)13(12-8)6-4-5-7-14-3/h4-7,11H2,1-3H3. The molecule has 0 spiro atoms. The molecule has 0 amide bonds. The lowest BCUT2D eigenvalue weighted by Gasteiger charge is -2.03. The number of unbranched alkanes of at least 4 members (excludes halogenated alkanes) is 1. The van der Waals surface area contributed by atoms with E-state index in [4.69, 9.17) is 10.5 Å². The van der Waals surface area contributed by atoms with Crippen LogP contribution in [-0.4, -0.2) is 23.5 Å². The summed E-state index contributed by atoms with van der Waals surface area (Å²) in [5, 5.41) is 4.36. The Balaban J connectivity index is 2.47. The van der Waals surface area contributed by atoms with Gasteiger partial charge in [-0.1, -0.05) is 0 Å². The van der Waals surface area contributed by atoms with Crippen LogP contribution in [0.5, 0.6) is 0 Å². The molecule has 1 heterocycles. The second-order valence-electron chi connectivity index (χ2n) is 3.51. The summed E-state index contributed by atoms with van der Waals surface area (Å²) >= 11 is 0. The van der Waals surface area contributed by atoms with Gasteiger partial charge in [-0.25, -0.2) is 0 Å². The lowest BCUT2D eigenvalue weighted by Crippen LogP contribution is -2.04. The second kappa shape index (κ2) is 5.00. The molecule has 2 N–H and O–H groups in total. The molecule has 0 aliphatic carbocycles. The number of aromatic nitrogens is 2. The van der Waals surface area contributed by atoms with Gasteiger partial charge in [0.2, 0.25) is 0 Å². The molecule has 0 saturated carbocycles. The first-order chi connectivity index (χ1) is 6.66. The van der Waals surface area contributed by atoms with Crippen molar-refractivity contribution in [3.05, 3.63) is 11.4 Å². The van der Waals surface area contributed by atoms with E-state index in [9.17, 15) is 0 Å².